The number of amides is 1. The molecule has 2 rings (SSSR count). The highest BCUT2D eigenvalue weighted by Crippen LogP contribution is 2.18. The van der Waals surface area contributed by atoms with Gasteiger partial charge in [-0.05, 0) is 61.2 Å². The van der Waals surface area contributed by atoms with Crippen LogP contribution < -0.4 is 5.32 Å². The first kappa shape index (κ1) is 15.1. The lowest BCUT2D eigenvalue weighted by molar-refractivity contribution is 0.0696. The minimum Gasteiger partial charge on any atom is -0.478 e. The maximum Gasteiger partial charge on any atom is 0.335 e. The fourth-order valence-corrected chi connectivity index (χ4v) is 2.34. The van der Waals surface area contributed by atoms with Gasteiger partial charge in [-0.2, -0.15) is 0 Å². The molecule has 0 spiro atoms. The molecule has 0 atom stereocenters. The number of nitrogens with one attached hydrogen (secondary N) is 1. The van der Waals surface area contributed by atoms with Crippen molar-refractivity contribution in [3.8, 4) is 0 Å². The molecule has 2 aromatic rings. The van der Waals surface area contributed by atoms with Crippen molar-refractivity contribution in [1.29, 1.82) is 0 Å². The lowest BCUT2D eigenvalue weighted by Gasteiger charge is -2.08. The fourth-order valence-electron chi connectivity index (χ4n) is 1.93. The van der Waals surface area contributed by atoms with Gasteiger partial charge in [0, 0.05) is 16.1 Å². The predicted octanol–water partition coefficient (Wildman–Crippen LogP) is 3.67. The number of carbonyl (C=O) groups is 2. The zero-order chi connectivity index (χ0) is 15.4. The number of carbonyl (C=O) groups excluding carboxylic acids is 1. The molecule has 1 amide bonds. The molecule has 0 saturated heterocycles. The monoisotopic (exact) mass is 301 g/mol. The van der Waals surface area contributed by atoms with E-state index in [0.29, 0.717) is 16.8 Å². The fraction of sp³-hybridized carbons (Fsp3) is 0.125. The zero-order valence-corrected chi connectivity index (χ0v) is 12.5. The summed E-state index contributed by atoms with van der Waals surface area (Å²) < 4.78 is 0. The topological polar surface area (TPSA) is 66.4 Å². The number of aromatic carboxylic acids is 1. The van der Waals surface area contributed by atoms with Crippen LogP contribution in [0.4, 0.5) is 5.69 Å². The molecule has 4 nitrogen and oxygen atoms in total. The number of hydrogen-bond donors (Lipinski definition) is 2. The van der Waals surface area contributed by atoms with E-state index in [0.717, 1.165) is 4.90 Å². The molecule has 108 valence electrons. The quantitative estimate of drug-likeness (QED) is 0.846. The summed E-state index contributed by atoms with van der Waals surface area (Å²) in [7, 11) is 0. The highest BCUT2D eigenvalue weighted by atomic mass is 32.2. The van der Waals surface area contributed by atoms with Gasteiger partial charge in [0.15, 0.2) is 0 Å². The average Bonchev–Trinajstić information content (AvgIpc) is 2.47. The first-order chi connectivity index (χ1) is 10.0. The third kappa shape index (κ3) is 3.64. The molecule has 0 saturated carbocycles. The Kier molecular flexibility index (Phi) is 4.65. The van der Waals surface area contributed by atoms with Crippen LogP contribution in [0.25, 0.3) is 0 Å². The molecule has 0 aliphatic heterocycles. The highest BCUT2D eigenvalue weighted by molar-refractivity contribution is 7.98. The molecule has 0 aliphatic rings. The largest absolute Gasteiger partial charge is 0.478 e. The Morgan fingerprint density at radius 1 is 1.10 bits per heavy atom. The van der Waals surface area contributed by atoms with E-state index >= 15 is 0 Å². The number of rotatable bonds is 4. The molecule has 0 bridgehead atoms. The van der Waals surface area contributed by atoms with E-state index in [-0.39, 0.29) is 11.5 Å². The average molecular weight is 301 g/mol. The Balaban J connectivity index is 2.15. The summed E-state index contributed by atoms with van der Waals surface area (Å²) >= 11 is 1.61. The molecule has 0 aromatic heterocycles. The molecular formula is C16H15NO3S. The molecule has 2 N–H and O–H groups in total. The van der Waals surface area contributed by atoms with Crippen LogP contribution in [0.5, 0.6) is 0 Å². The van der Waals surface area contributed by atoms with E-state index in [9.17, 15) is 9.59 Å². The second-order valence-corrected chi connectivity index (χ2v) is 5.40. The van der Waals surface area contributed by atoms with Crippen molar-refractivity contribution < 1.29 is 14.7 Å². The molecule has 0 fully saturated rings. The number of benzene rings is 2. The van der Waals surface area contributed by atoms with Gasteiger partial charge in [0.2, 0.25) is 0 Å². The van der Waals surface area contributed by atoms with Crippen LogP contribution in [0.15, 0.2) is 47.4 Å². The Bertz CT molecular complexity index is 680. The van der Waals surface area contributed by atoms with E-state index in [1.165, 1.54) is 6.07 Å². The standard InChI is InChI=1S/C16H15NO3S/c1-10-9-12(5-8-14(10)16(19)20)17-15(18)11-3-6-13(21-2)7-4-11/h3-9H,1-2H3,(H,17,18)(H,19,20). The SMILES string of the molecule is CSc1ccc(C(=O)Nc2ccc(C(=O)O)c(C)c2)cc1. The number of thioether (sulfide) groups is 1. The van der Waals surface area contributed by atoms with E-state index in [2.05, 4.69) is 5.32 Å². The Morgan fingerprint density at radius 3 is 2.29 bits per heavy atom. The minimum absolute atomic E-state index is 0.217. The molecule has 0 radical (unpaired) electrons. The van der Waals surface area contributed by atoms with Gasteiger partial charge < -0.3 is 10.4 Å². The van der Waals surface area contributed by atoms with Crippen molar-refractivity contribution in [1.82, 2.24) is 0 Å². The first-order valence-corrected chi connectivity index (χ1v) is 7.53. The summed E-state index contributed by atoms with van der Waals surface area (Å²) in [5.41, 5.74) is 1.99. The Hall–Kier alpha value is -2.27. The van der Waals surface area contributed by atoms with Crippen LogP contribution in [0, 0.1) is 6.92 Å². The lowest BCUT2D eigenvalue weighted by Crippen LogP contribution is -2.12. The molecule has 0 aliphatic carbocycles. The van der Waals surface area contributed by atoms with Crippen molar-refractivity contribution in [2.75, 3.05) is 11.6 Å². The maximum absolute atomic E-state index is 12.1. The summed E-state index contributed by atoms with van der Waals surface area (Å²) in [6.45, 7) is 1.70. The summed E-state index contributed by atoms with van der Waals surface area (Å²) in [6, 6.07) is 12.0. The number of carboxylic acid groups (broad SMARTS) is 1. The van der Waals surface area contributed by atoms with Gasteiger partial charge in [0.1, 0.15) is 0 Å². The molecule has 0 unspecified atom stereocenters. The Labute approximate surface area is 127 Å². The number of anilines is 1. The predicted molar refractivity (Wildman–Crippen MR) is 84.3 cm³/mol. The van der Waals surface area contributed by atoms with E-state index < -0.39 is 5.97 Å². The summed E-state index contributed by atoms with van der Waals surface area (Å²) in [5.74, 6) is -1.19. The third-order valence-electron chi connectivity index (χ3n) is 3.07. The van der Waals surface area contributed by atoms with Crippen LogP contribution >= 0.6 is 11.8 Å². The second kappa shape index (κ2) is 6.45. The van der Waals surface area contributed by atoms with Crippen molar-refractivity contribution in [2.24, 2.45) is 0 Å². The lowest BCUT2D eigenvalue weighted by atomic mass is 10.1. The maximum atomic E-state index is 12.1. The van der Waals surface area contributed by atoms with Crippen LogP contribution in [0.3, 0.4) is 0 Å². The summed E-state index contributed by atoms with van der Waals surface area (Å²) in [5, 5.41) is 11.7. The molecule has 0 heterocycles. The van der Waals surface area contributed by atoms with Crippen molar-refractivity contribution in [3.05, 3.63) is 59.2 Å². The van der Waals surface area contributed by atoms with Gasteiger partial charge in [0.25, 0.3) is 5.91 Å². The van der Waals surface area contributed by atoms with E-state index in [1.807, 2.05) is 18.4 Å². The second-order valence-electron chi connectivity index (χ2n) is 4.52. The Morgan fingerprint density at radius 2 is 1.76 bits per heavy atom. The number of carboxylic acids is 1. The molecule has 2 aromatic carbocycles. The van der Waals surface area contributed by atoms with Gasteiger partial charge in [-0.15, -0.1) is 11.8 Å². The van der Waals surface area contributed by atoms with Gasteiger partial charge in [-0.1, -0.05) is 0 Å². The first-order valence-electron chi connectivity index (χ1n) is 6.30. The van der Waals surface area contributed by atoms with Crippen molar-refractivity contribution in [2.45, 2.75) is 11.8 Å². The van der Waals surface area contributed by atoms with Gasteiger partial charge in [-0.25, -0.2) is 4.79 Å². The van der Waals surface area contributed by atoms with Crippen molar-refractivity contribution in [3.63, 3.8) is 0 Å². The summed E-state index contributed by atoms with van der Waals surface area (Å²) in [4.78, 5) is 24.1. The van der Waals surface area contributed by atoms with Crippen molar-refractivity contribution >= 4 is 29.3 Å². The number of aryl methyl sites for hydroxylation is 1. The van der Waals surface area contributed by atoms with Crippen LogP contribution in [-0.2, 0) is 0 Å². The highest BCUT2D eigenvalue weighted by Gasteiger charge is 2.10. The van der Waals surface area contributed by atoms with Gasteiger partial charge in [-0.3, -0.25) is 4.79 Å². The van der Waals surface area contributed by atoms with E-state index in [1.54, 1.807) is 43.0 Å². The smallest absolute Gasteiger partial charge is 0.335 e. The summed E-state index contributed by atoms with van der Waals surface area (Å²) in [6.07, 6.45) is 1.97. The van der Waals surface area contributed by atoms with Crippen LogP contribution in [0.2, 0.25) is 0 Å². The normalized spacial score (nSPS) is 10.2. The van der Waals surface area contributed by atoms with Gasteiger partial charge >= 0.3 is 5.97 Å². The minimum atomic E-state index is -0.974. The molecule has 21 heavy (non-hydrogen) atoms. The molecule has 5 heteroatoms. The van der Waals surface area contributed by atoms with E-state index in [4.69, 9.17) is 5.11 Å². The van der Waals surface area contributed by atoms with Crippen LogP contribution in [0.1, 0.15) is 26.3 Å². The third-order valence-corrected chi connectivity index (χ3v) is 3.81. The van der Waals surface area contributed by atoms with Gasteiger partial charge in [0.05, 0.1) is 5.56 Å². The molecular weight excluding hydrogens is 286 g/mol. The zero-order valence-electron chi connectivity index (χ0n) is 11.7. The van der Waals surface area contributed by atoms with Crippen LogP contribution in [-0.4, -0.2) is 23.2 Å². The number of hydrogen-bond acceptors (Lipinski definition) is 3.